The van der Waals surface area contributed by atoms with Crippen molar-refractivity contribution in [2.45, 2.75) is 32.0 Å². The number of likely N-dealkylation sites (tertiary alicyclic amines) is 1. The highest BCUT2D eigenvalue weighted by Gasteiger charge is 2.26. The van der Waals surface area contributed by atoms with Gasteiger partial charge in [-0.25, -0.2) is 0 Å². The molecule has 0 bridgehead atoms. The SMILES string of the molecule is Clc1snnc1CN1CCC[C@H]1Cn1cccn1. The van der Waals surface area contributed by atoms with E-state index in [1.165, 1.54) is 24.4 Å². The topological polar surface area (TPSA) is 46.8 Å². The molecule has 5 nitrogen and oxygen atoms in total. The molecule has 0 aliphatic carbocycles. The number of halogens is 1. The molecular formula is C11H14ClN5S. The molecule has 18 heavy (non-hydrogen) atoms. The van der Waals surface area contributed by atoms with Crippen molar-refractivity contribution in [1.82, 2.24) is 24.3 Å². The van der Waals surface area contributed by atoms with Crippen molar-refractivity contribution in [3.8, 4) is 0 Å². The average molecular weight is 284 g/mol. The van der Waals surface area contributed by atoms with Crippen LogP contribution in [0.25, 0.3) is 0 Å². The molecule has 7 heteroatoms. The molecule has 0 spiro atoms. The Bertz CT molecular complexity index is 497. The highest BCUT2D eigenvalue weighted by Crippen LogP contribution is 2.24. The summed E-state index contributed by atoms with van der Waals surface area (Å²) in [6.45, 7) is 2.82. The van der Waals surface area contributed by atoms with Crippen LogP contribution in [0.1, 0.15) is 18.5 Å². The van der Waals surface area contributed by atoms with Gasteiger partial charge in [0.2, 0.25) is 0 Å². The van der Waals surface area contributed by atoms with Gasteiger partial charge in [0.15, 0.2) is 0 Å². The largest absolute Gasteiger partial charge is 0.293 e. The van der Waals surface area contributed by atoms with Crippen LogP contribution < -0.4 is 0 Å². The van der Waals surface area contributed by atoms with Crippen molar-refractivity contribution in [2.75, 3.05) is 6.54 Å². The van der Waals surface area contributed by atoms with E-state index in [1.807, 2.05) is 23.1 Å². The molecule has 1 saturated heterocycles. The number of hydrogen-bond acceptors (Lipinski definition) is 5. The van der Waals surface area contributed by atoms with E-state index < -0.39 is 0 Å². The first-order chi connectivity index (χ1) is 8.83. The van der Waals surface area contributed by atoms with Gasteiger partial charge in [0, 0.05) is 36.5 Å². The minimum absolute atomic E-state index is 0.516. The van der Waals surface area contributed by atoms with Gasteiger partial charge in [0.05, 0.1) is 6.54 Å². The monoisotopic (exact) mass is 283 g/mol. The molecule has 2 aromatic heterocycles. The molecule has 96 valence electrons. The van der Waals surface area contributed by atoms with Gasteiger partial charge in [-0.1, -0.05) is 16.1 Å². The minimum atomic E-state index is 0.516. The van der Waals surface area contributed by atoms with E-state index in [-0.39, 0.29) is 0 Å². The third kappa shape index (κ3) is 2.55. The van der Waals surface area contributed by atoms with E-state index in [0.29, 0.717) is 10.4 Å². The van der Waals surface area contributed by atoms with Gasteiger partial charge in [0.25, 0.3) is 0 Å². The van der Waals surface area contributed by atoms with Crippen molar-refractivity contribution in [2.24, 2.45) is 0 Å². The first-order valence-electron chi connectivity index (χ1n) is 6.01. The Morgan fingerprint density at radius 1 is 1.50 bits per heavy atom. The third-order valence-electron chi connectivity index (χ3n) is 3.32. The number of rotatable bonds is 4. The van der Waals surface area contributed by atoms with Crippen LogP contribution in [0.2, 0.25) is 4.34 Å². The highest BCUT2D eigenvalue weighted by atomic mass is 35.5. The van der Waals surface area contributed by atoms with E-state index in [9.17, 15) is 0 Å². The summed E-state index contributed by atoms with van der Waals surface area (Å²) >= 11 is 7.31. The standard InChI is InChI=1S/C11H14ClN5S/c12-11-10(14-15-18-11)8-16-5-1-3-9(16)7-17-6-2-4-13-17/h2,4,6,9H,1,3,5,7-8H2/t9-/m0/s1. The maximum Gasteiger partial charge on any atom is 0.138 e. The highest BCUT2D eigenvalue weighted by molar-refractivity contribution is 7.10. The second-order valence-electron chi connectivity index (χ2n) is 4.49. The van der Waals surface area contributed by atoms with E-state index >= 15 is 0 Å². The Hall–Kier alpha value is -0.980. The Morgan fingerprint density at radius 2 is 2.44 bits per heavy atom. The van der Waals surface area contributed by atoms with Gasteiger partial charge in [-0.2, -0.15) is 5.10 Å². The van der Waals surface area contributed by atoms with Gasteiger partial charge in [0.1, 0.15) is 10.0 Å². The Balaban J connectivity index is 1.66. The van der Waals surface area contributed by atoms with Crippen LogP contribution in [0.5, 0.6) is 0 Å². The lowest BCUT2D eigenvalue weighted by Crippen LogP contribution is -2.32. The molecule has 2 aromatic rings. The fourth-order valence-electron chi connectivity index (χ4n) is 2.42. The van der Waals surface area contributed by atoms with Crippen molar-refractivity contribution in [1.29, 1.82) is 0 Å². The van der Waals surface area contributed by atoms with Crippen LogP contribution in [0.15, 0.2) is 18.5 Å². The molecule has 0 unspecified atom stereocenters. The molecule has 0 aromatic carbocycles. The van der Waals surface area contributed by atoms with Crippen LogP contribution in [0.3, 0.4) is 0 Å². The van der Waals surface area contributed by atoms with Crippen LogP contribution in [0.4, 0.5) is 0 Å². The fourth-order valence-corrected chi connectivity index (χ4v) is 3.03. The van der Waals surface area contributed by atoms with Crippen molar-refractivity contribution >= 4 is 23.1 Å². The molecule has 1 aliphatic heterocycles. The quantitative estimate of drug-likeness (QED) is 0.862. The summed E-state index contributed by atoms with van der Waals surface area (Å²) in [5.41, 5.74) is 0.897. The number of hydrogen-bond donors (Lipinski definition) is 0. The summed E-state index contributed by atoms with van der Waals surface area (Å²) in [6.07, 6.45) is 6.25. The summed E-state index contributed by atoms with van der Waals surface area (Å²) < 4.78 is 6.58. The molecule has 0 radical (unpaired) electrons. The zero-order valence-electron chi connectivity index (χ0n) is 9.87. The zero-order chi connectivity index (χ0) is 12.4. The summed E-state index contributed by atoms with van der Waals surface area (Å²) in [7, 11) is 0. The predicted octanol–water partition coefficient (Wildman–Crippen LogP) is 2.05. The van der Waals surface area contributed by atoms with Crippen LogP contribution in [-0.4, -0.2) is 36.9 Å². The summed E-state index contributed by atoms with van der Waals surface area (Å²) in [4.78, 5) is 2.42. The van der Waals surface area contributed by atoms with Gasteiger partial charge < -0.3 is 0 Å². The fraction of sp³-hybridized carbons (Fsp3) is 0.545. The first-order valence-corrected chi connectivity index (χ1v) is 7.16. The van der Waals surface area contributed by atoms with Crippen LogP contribution in [0, 0.1) is 0 Å². The van der Waals surface area contributed by atoms with Crippen LogP contribution in [-0.2, 0) is 13.1 Å². The number of nitrogens with zero attached hydrogens (tertiary/aromatic N) is 5. The maximum absolute atomic E-state index is 6.06. The second kappa shape index (κ2) is 5.34. The normalized spacial score (nSPS) is 20.6. The third-order valence-corrected chi connectivity index (χ3v) is 4.30. The molecule has 3 heterocycles. The van der Waals surface area contributed by atoms with Gasteiger partial charge in [-0.15, -0.1) is 5.10 Å². The predicted molar refractivity (Wildman–Crippen MR) is 70.6 cm³/mol. The van der Waals surface area contributed by atoms with Crippen molar-refractivity contribution < 1.29 is 0 Å². The Labute approximate surface area is 115 Å². The molecule has 1 atom stereocenters. The van der Waals surface area contributed by atoms with Gasteiger partial charge >= 0.3 is 0 Å². The van der Waals surface area contributed by atoms with E-state index in [0.717, 1.165) is 25.3 Å². The molecule has 0 saturated carbocycles. The molecule has 0 N–H and O–H groups in total. The minimum Gasteiger partial charge on any atom is -0.293 e. The summed E-state index contributed by atoms with van der Waals surface area (Å²) in [5, 5.41) is 8.35. The van der Waals surface area contributed by atoms with E-state index in [4.69, 9.17) is 11.6 Å². The first kappa shape index (κ1) is 12.1. The lowest BCUT2D eigenvalue weighted by molar-refractivity contribution is 0.217. The van der Waals surface area contributed by atoms with Crippen molar-refractivity contribution in [3.63, 3.8) is 0 Å². The Kier molecular flexibility index (Phi) is 3.58. The molecule has 3 rings (SSSR count). The number of aromatic nitrogens is 4. The molecule has 1 aliphatic rings. The van der Waals surface area contributed by atoms with Gasteiger partial charge in [-0.05, 0) is 25.5 Å². The van der Waals surface area contributed by atoms with E-state index in [2.05, 4.69) is 19.6 Å². The smallest absolute Gasteiger partial charge is 0.138 e. The van der Waals surface area contributed by atoms with Gasteiger partial charge in [-0.3, -0.25) is 9.58 Å². The zero-order valence-corrected chi connectivity index (χ0v) is 11.4. The van der Waals surface area contributed by atoms with Crippen LogP contribution >= 0.6 is 23.1 Å². The lowest BCUT2D eigenvalue weighted by atomic mass is 10.2. The summed E-state index contributed by atoms with van der Waals surface area (Å²) in [5.74, 6) is 0. The van der Waals surface area contributed by atoms with E-state index in [1.54, 1.807) is 0 Å². The lowest BCUT2D eigenvalue weighted by Gasteiger charge is -2.23. The summed E-state index contributed by atoms with van der Waals surface area (Å²) in [6, 6.07) is 2.48. The molecular weight excluding hydrogens is 270 g/mol. The molecule has 1 fully saturated rings. The second-order valence-corrected chi connectivity index (χ2v) is 5.84. The Morgan fingerprint density at radius 3 is 3.17 bits per heavy atom. The molecule has 0 amide bonds. The van der Waals surface area contributed by atoms with Crippen molar-refractivity contribution in [3.05, 3.63) is 28.5 Å². The maximum atomic E-state index is 6.06. The average Bonchev–Trinajstić information content (AvgIpc) is 3.06.